The van der Waals surface area contributed by atoms with E-state index >= 15 is 0 Å². The van der Waals surface area contributed by atoms with Crippen molar-refractivity contribution in [3.05, 3.63) is 45.5 Å². The van der Waals surface area contributed by atoms with Gasteiger partial charge in [0.15, 0.2) is 0 Å². The molecule has 0 saturated heterocycles. The van der Waals surface area contributed by atoms with Gasteiger partial charge in [0.25, 0.3) is 0 Å². The Kier molecular flexibility index (Phi) is 9.24. The molecule has 2 aromatic rings. The minimum atomic E-state index is -1.46. The molecule has 8 nitrogen and oxygen atoms in total. The second-order valence-electron chi connectivity index (χ2n) is 9.51. The van der Waals surface area contributed by atoms with E-state index in [0.29, 0.717) is 36.8 Å². The van der Waals surface area contributed by atoms with E-state index in [1.165, 1.54) is 0 Å². The van der Waals surface area contributed by atoms with Crippen molar-refractivity contribution in [3.8, 4) is 0 Å². The third-order valence-electron chi connectivity index (χ3n) is 7.71. The molecule has 0 aliphatic heterocycles. The molecule has 4 N–H and O–H groups in total. The first-order chi connectivity index (χ1) is 16.9. The predicted octanol–water partition coefficient (Wildman–Crippen LogP) is 6.71. The highest BCUT2D eigenvalue weighted by atomic mass is 16.4. The van der Waals surface area contributed by atoms with Gasteiger partial charge in [-0.2, -0.15) is 0 Å². The van der Waals surface area contributed by atoms with Crippen LogP contribution in [0.2, 0.25) is 0 Å². The first-order valence-electron chi connectivity index (χ1n) is 12.5. The molecule has 0 heterocycles. The summed E-state index contributed by atoms with van der Waals surface area (Å²) in [6, 6.07) is 2.09. The van der Waals surface area contributed by atoms with Crippen LogP contribution in [0.1, 0.15) is 132 Å². The molecule has 36 heavy (non-hydrogen) atoms. The van der Waals surface area contributed by atoms with Crippen molar-refractivity contribution in [2.75, 3.05) is 0 Å². The minimum Gasteiger partial charge on any atom is -0.478 e. The number of carboxylic acids is 4. The largest absolute Gasteiger partial charge is 0.478 e. The standard InChI is InChI=1S/C28H36O8/c1-7-13(5)15(9-3)19-20(16(10-4)14(6)8-2)24(28(35)36)22-18(26(31)32)12-11-17(25(29)30)21(22)23(19)27(33)34/h11-16H,7-10H2,1-6H3,(H,29,30)(H,31,32)(H,33,34)(H,35,36). The van der Waals surface area contributed by atoms with Crippen LogP contribution in [-0.4, -0.2) is 44.3 Å². The van der Waals surface area contributed by atoms with Gasteiger partial charge in [0.1, 0.15) is 0 Å². The highest BCUT2D eigenvalue weighted by molar-refractivity contribution is 6.23. The van der Waals surface area contributed by atoms with Gasteiger partial charge in [-0.3, -0.25) is 0 Å². The molecule has 0 spiro atoms. The van der Waals surface area contributed by atoms with Gasteiger partial charge in [-0.1, -0.05) is 54.4 Å². The fourth-order valence-corrected chi connectivity index (χ4v) is 5.58. The van der Waals surface area contributed by atoms with Crippen molar-refractivity contribution < 1.29 is 39.6 Å². The van der Waals surface area contributed by atoms with Crippen LogP contribution in [0.15, 0.2) is 12.1 Å². The first kappa shape index (κ1) is 28.8. The lowest BCUT2D eigenvalue weighted by Gasteiger charge is -2.34. The van der Waals surface area contributed by atoms with Crippen molar-refractivity contribution in [3.63, 3.8) is 0 Å². The summed E-state index contributed by atoms with van der Waals surface area (Å²) in [7, 11) is 0. The zero-order chi connectivity index (χ0) is 27.5. The zero-order valence-electron chi connectivity index (χ0n) is 21.7. The lowest BCUT2D eigenvalue weighted by molar-refractivity contribution is 0.0673. The van der Waals surface area contributed by atoms with Gasteiger partial charge in [-0.25, -0.2) is 19.2 Å². The molecule has 2 rings (SSSR count). The van der Waals surface area contributed by atoms with Crippen LogP contribution in [0.25, 0.3) is 10.8 Å². The van der Waals surface area contributed by atoms with Gasteiger partial charge in [-0.15, -0.1) is 0 Å². The number of carbonyl (C=O) groups is 4. The van der Waals surface area contributed by atoms with Crippen LogP contribution in [0, 0.1) is 11.8 Å². The van der Waals surface area contributed by atoms with Crippen molar-refractivity contribution in [1.82, 2.24) is 0 Å². The molecule has 8 heteroatoms. The highest BCUT2D eigenvalue weighted by Crippen LogP contribution is 2.47. The third-order valence-corrected chi connectivity index (χ3v) is 7.71. The molecule has 0 aromatic heterocycles. The average Bonchev–Trinajstić information content (AvgIpc) is 2.82. The average molecular weight is 501 g/mol. The maximum Gasteiger partial charge on any atom is 0.336 e. The number of rotatable bonds is 12. The Hall–Kier alpha value is -3.42. The minimum absolute atomic E-state index is 0.0312. The van der Waals surface area contributed by atoms with Crippen LogP contribution in [0.3, 0.4) is 0 Å². The summed E-state index contributed by atoms with van der Waals surface area (Å²) in [6.45, 7) is 11.6. The molecule has 0 aliphatic rings. The smallest absolute Gasteiger partial charge is 0.336 e. The fourth-order valence-electron chi connectivity index (χ4n) is 5.58. The van der Waals surface area contributed by atoms with Crippen LogP contribution in [0.4, 0.5) is 0 Å². The predicted molar refractivity (Wildman–Crippen MR) is 137 cm³/mol. The monoisotopic (exact) mass is 500 g/mol. The topological polar surface area (TPSA) is 149 Å². The summed E-state index contributed by atoms with van der Waals surface area (Å²) in [6.07, 6.45) is 2.40. The Balaban J connectivity index is 3.54. The molecular formula is C28H36O8. The Morgan fingerprint density at radius 3 is 1.08 bits per heavy atom. The van der Waals surface area contributed by atoms with Gasteiger partial charge in [0.05, 0.1) is 22.3 Å². The molecular weight excluding hydrogens is 464 g/mol. The summed E-state index contributed by atoms with van der Waals surface area (Å²) in [5.74, 6) is -6.52. The van der Waals surface area contributed by atoms with Gasteiger partial charge >= 0.3 is 23.9 Å². The van der Waals surface area contributed by atoms with E-state index in [1.807, 2.05) is 41.5 Å². The Bertz CT molecular complexity index is 1100. The van der Waals surface area contributed by atoms with Crippen molar-refractivity contribution >= 4 is 34.6 Å². The Labute approximate surface area is 211 Å². The number of aromatic carboxylic acids is 4. The van der Waals surface area contributed by atoms with Crippen molar-refractivity contribution in [1.29, 1.82) is 0 Å². The Morgan fingerprint density at radius 1 is 0.583 bits per heavy atom. The van der Waals surface area contributed by atoms with E-state index in [1.54, 1.807) is 0 Å². The number of fused-ring (bicyclic) bond motifs is 1. The van der Waals surface area contributed by atoms with Gasteiger partial charge in [0, 0.05) is 10.8 Å². The summed E-state index contributed by atoms with van der Waals surface area (Å²) >= 11 is 0. The second kappa shape index (κ2) is 11.5. The summed E-state index contributed by atoms with van der Waals surface area (Å²) in [4.78, 5) is 50.3. The van der Waals surface area contributed by atoms with E-state index < -0.39 is 35.0 Å². The molecule has 0 bridgehead atoms. The van der Waals surface area contributed by atoms with Crippen molar-refractivity contribution in [2.24, 2.45) is 11.8 Å². The second-order valence-corrected chi connectivity index (χ2v) is 9.51. The molecule has 0 radical (unpaired) electrons. The molecule has 0 saturated carbocycles. The summed E-state index contributed by atoms with van der Waals surface area (Å²) in [5.41, 5.74) is -0.835. The quantitative estimate of drug-likeness (QED) is 0.251. The molecule has 0 fully saturated rings. The summed E-state index contributed by atoms with van der Waals surface area (Å²) in [5, 5.41) is 40.3. The number of hydrogen-bond acceptors (Lipinski definition) is 4. The number of benzene rings is 2. The van der Waals surface area contributed by atoms with E-state index in [9.17, 15) is 39.6 Å². The lowest BCUT2D eigenvalue weighted by Crippen LogP contribution is -2.25. The van der Waals surface area contributed by atoms with E-state index in [0.717, 1.165) is 12.1 Å². The number of carboxylic acid groups (broad SMARTS) is 4. The SMILES string of the molecule is CCC(C)C(CC)c1c(C(CC)C(C)CC)c(C(=O)O)c2c(C(=O)O)ccc(C(=O)O)c2c1C(=O)O. The molecule has 0 aliphatic carbocycles. The lowest BCUT2D eigenvalue weighted by atomic mass is 9.69. The highest BCUT2D eigenvalue weighted by Gasteiger charge is 2.38. The normalized spacial score (nSPS) is 14.7. The molecule has 196 valence electrons. The maximum absolute atomic E-state index is 12.9. The van der Waals surface area contributed by atoms with E-state index in [4.69, 9.17) is 0 Å². The van der Waals surface area contributed by atoms with Crippen LogP contribution >= 0.6 is 0 Å². The molecule has 0 amide bonds. The molecule has 4 atom stereocenters. The zero-order valence-corrected chi connectivity index (χ0v) is 21.7. The summed E-state index contributed by atoms with van der Waals surface area (Å²) < 4.78 is 0. The van der Waals surface area contributed by atoms with Crippen molar-refractivity contribution in [2.45, 2.75) is 79.1 Å². The van der Waals surface area contributed by atoms with E-state index in [2.05, 4.69) is 0 Å². The third kappa shape index (κ3) is 4.94. The van der Waals surface area contributed by atoms with Gasteiger partial charge < -0.3 is 20.4 Å². The fraction of sp³-hybridized carbons (Fsp3) is 0.500. The first-order valence-corrected chi connectivity index (χ1v) is 12.5. The van der Waals surface area contributed by atoms with Gasteiger partial charge in [-0.05, 0) is 59.8 Å². The Morgan fingerprint density at radius 2 is 0.889 bits per heavy atom. The van der Waals surface area contributed by atoms with Gasteiger partial charge in [0.2, 0.25) is 0 Å². The molecule has 4 unspecified atom stereocenters. The maximum atomic E-state index is 12.9. The van der Waals surface area contributed by atoms with Crippen LogP contribution < -0.4 is 0 Å². The molecule has 2 aromatic carbocycles. The van der Waals surface area contributed by atoms with Crippen LogP contribution in [-0.2, 0) is 0 Å². The number of hydrogen-bond donors (Lipinski definition) is 4. The van der Waals surface area contributed by atoms with Crippen LogP contribution in [0.5, 0.6) is 0 Å². The van der Waals surface area contributed by atoms with E-state index in [-0.39, 0.29) is 45.6 Å².